The minimum absolute atomic E-state index is 0.00960. The van der Waals surface area contributed by atoms with Gasteiger partial charge in [0.2, 0.25) is 0 Å². The van der Waals surface area contributed by atoms with Crippen molar-refractivity contribution in [3.8, 4) is 5.69 Å². The molecule has 1 fully saturated rings. The van der Waals surface area contributed by atoms with E-state index in [1.807, 2.05) is 36.2 Å². The highest BCUT2D eigenvalue weighted by atomic mass is 35.5. The van der Waals surface area contributed by atoms with Crippen LogP contribution in [0.25, 0.3) is 5.69 Å². The number of carbonyl (C=O) groups is 1. The number of benzene rings is 1. The number of nitrogens with zero attached hydrogens (tertiary/aromatic N) is 4. The van der Waals surface area contributed by atoms with Gasteiger partial charge in [-0.15, -0.1) is 5.10 Å². The lowest BCUT2D eigenvalue weighted by Crippen LogP contribution is -2.41. The van der Waals surface area contributed by atoms with Crippen LogP contribution in [-0.4, -0.2) is 52.5 Å². The van der Waals surface area contributed by atoms with Crippen LogP contribution < -0.4 is 5.32 Å². The molecule has 7 heteroatoms. The number of piperidine rings is 1. The second-order valence-electron chi connectivity index (χ2n) is 6.82. The number of rotatable bonds is 6. The molecule has 0 spiro atoms. The Morgan fingerprint density at radius 3 is 2.77 bits per heavy atom. The van der Waals surface area contributed by atoms with Crippen LogP contribution >= 0.6 is 11.6 Å². The quantitative estimate of drug-likeness (QED) is 0.843. The molecular weight excluding hydrogens is 350 g/mol. The molecule has 1 aromatic heterocycles. The average molecular weight is 376 g/mol. The van der Waals surface area contributed by atoms with Crippen molar-refractivity contribution in [3.05, 3.63) is 40.7 Å². The Bertz CT molecular complexity index is 752. The summed E-state index contributed by atoms with van der Waals surface area (Å²) < 4.78 is 1.75. The van der Waals surface area contributed by atoms with E-state index >= 15 is 0 Å². The van der Waals surface area contributed by atoms with Crippen molar-refractivity contribution in [2.24, 2.45) is 5.92 Å². The van der Waals surface area contributed by atoms with Crippen molar-refractivity contribution in [2.45, 2.75) is 32.6 Å². The molecule has 0 unspecified atom stereocenters. The second-order valence-corrected chi connectivity index (χ2v) is 7.26. The molecule has 2 aromatic rings. The van der Waals surface area contributed by atoms with E-state index in [1.54, 1.807) is 4.68 Å². The fourth-order valence-corrected chi connectivity index (χ4v) is 3.71. The number of nitrogens with one attached hydrogen (secondary N) is 1. The molecule has 1 aliphatic heterocycles. The zero-order valence-electron chi connectivity index (χ0n) is 15.4. The smallest absolute Gasteiger partial charge is 0.276 e. The number of hydrogen-bond acceptors (Lipinski definition) is 4. The van der Waals surface area contributed by atoms with Crippen LogP contribution in [0.4, 0.5) is 0 Å². The van der Waals surface area contributed by atoms with E-state index in [9.17, 15) is 4.79 Å². The van der Waals surface area contributed by atoms with Gasteiger partial charge in [-0.1, -0.05) is 36.2 Å². The highest BCUT2D eigenvalue weighted by Crippen LogP contribution is 2.22. The van der Waals surface area contributed by atoms with Gasteiger partial charge in [-0.05, 0) is 57.0 Å². The molecule has 1 aromatic carbocycles. The van der Waals surface area contributed by atoms with Crippen LogP contribution in [0.15, 0.2) is 24.3 Å². The molecule has 1 saturated heterocycles. The summed E-state index contributed by atoms with van der Waals surface area (Å²) in [7, 11) is 1.97. The Morgan fingerprint density at radius 1 is 1.35 bits per heavy atom. The Kier molecular flexibility index (Phi) is 6.27. The van der Waals surface area contributed by atoms with Gasteiger partial charge < -0.3 is 10.2 Å². The van der Waals surface area contributed by atoms with Gasteiger partial charge in [-0.25, -0.2) is 4.68 Å². The summed E-state index contributed by atoms with van der Waals surface area (Å²) >= 11 is 6.11. The zero-order valence-corrected chi connectivity index (χ0v) is 16.2. The predicted molar refractivity (Wildman–Crippen MR) is 103 cm³/mol. The number of carbonyl (C=O) groups excluding carboxylic acids is 1. The minimum atomic E-state index is -0.00960. The van der Waals surface area contributed by atoms with E-state index in [1.165, 1.54) is 0 Å². The van der Waals surface area contributed by atoms with Crippen LogP contribution in [0.5, 0.6) is 0 Å². The van der Waals surface area contributed by atoms with E-state index in [-0.39, 0.29) is 5.91 Å². The van der Waals surface area contributed by atoms with Gasteiger partial charge in [0.05, 0.1) is 11.4 Å². The van der Waals surface area contributed by atoms with Crippen molar-refractivity contribution in [1.82, 2.24) is 25.2 Å². The van der Waals surface area contributed by atoms with E-state index in [0.29, 0.717) is 16.6 Å². The number of halogens is 1. The van der Waals surface area contributed by atoms with E-state index in [4.69, 9.17) is 11.6 Å². The molecule has 0 atom stereocenters. The highest BCUT2D eigenvalue weighted by molar-refractivity contribution is 6.30. The number of hydrogen-bond donors (Lipinski definition) is 1. The van der Waals surface area contributed by atoms with E-state index < -0.39 is 0 Å². The first-order chi connectivity index (χ1) is 12.6. The van der Waals surface area contributed by atoms with Crippen LogP contribution in [0.2, 0.25) is 5.02 Å². The molecule has 3 rings (SSSR count). The van der Waals surface area contributed by atoms with Crippen molar-refractivity contribution in [2.75, 3.05) is 26.7 Å². The van der Waals surface area contributed by atoms with Crippen molar-refractivity contribution in [3.63, 3.8) is 0 Å². The molecule has 6 nitrogen and oxygen atoms in total. The normalized spacial score (nSPS) is 15.4. The molecule has 26 heavy (non-hydrogen) atoms. The maximum Gasteiger partial charge on any atom is 0.276 e. The largest absolute Gasteiger partial charge is 0.337 e. The molecular formula is C19H26ClN5O. The molecule has 1 aliphatic rings. The maximum absolute atomic E-state index is 13.0. The third kappa shape index (κ3) is 4.07. The third-order valence-corrected chi connectivity index (χ3v) is 5.13. The van der Waals surface area contributed by atoms with Crippen LogP contribution in [-0.2, 0) is 6.42 Å². The molecule has 140 valence electrons. The predicted octanol–water partition coefficient (Wildman–Crippen LogP) is 2.94. The van der Waals surface area contributed by atoms with Crippen molar-refractivity contribution in [1.29, 1.82) is 0 Å². The fourth-order valence-electron chi connectivity index (χ4n) is 3.52. The van der Waals surface area contributed by atoms with Crippen molar-refractivity contribution >= 4 is 17.5 Å². The molecule has 2 heterocycles. The lowest BCUT2D eigenvalue weighted by atomic mass is 9.96. The molecule has 1 amide bonds. The first kappa shape index (κ1) is 18.9. The van der Waals surface area contributed by atoms with E-state index in [2.05, 4.69) is 22.6 Å². The SMILES string of the molecule is CCCc1c(C(=O)N2CCC(CNC)CC2)nnn1-c1cccc(Cl)c1. The second kappa shape index (κ2) is 8.64. The zero-order chi connectivity index (χ0) is 18.5. The standard InChI is InChI=1S/C19H26ClN5O/c1-3-5-17-18(19(26)24-10-8-14(9-11-24)13-21-2)22-23-25(17)16-7-4-6-15(20)12-16/h4,6-7,12,14,21H,3,5,8-11,13H2,1-2H3. The van der Waals surface area contributed by atoms with Gasteiger partial charge in [-0.2, -0.15) is 0 Å². The summed E-state index contributed by atoms with van der Waals surface area (Å²) in [6.45, 7) is 4.66. The van der Waals surface area contributed by atoms with Gasteiger partial charge in [-0.3, -0.25) is 4.79 Å². The molecule has 0 aliphatic carbocycles. The van der Waals surface area contributed by atoms with Gasteiger partial charge in [0.15, 0.2) is 5.69 Å². The lowest BCUT2D eigenvalue weighted by Gasteiger charge is -2.31. The number of aromatic nitrogens is 3. The van der Waals surface area contributed by atoms with Gasteiger partial charge >= 0.3 is 0 Å². The summed E-state index contributed by atoms with van der Waals surface area (Å²) in [6, 6.07) is 7.47. The molecule has 0 saturated carbocycles. The third-order valence-electron chi connectivity index (χ3n) is 4.90. The fraction of sp³-hybridized carbons (Fsp3) is 0.526. The summed E-state index contributed by atoms with van der Waals surface area (Å²) in [5, 5.41) is 12.4. The summed E-state index contributed by atoms with van der Waals surface area (Å²) in [4.78, 5) is 15.0. The van der Waals surface area contributed by atoms with Gasteiger partial charge in [0, 0.05) is 18.1 Å². The minimum Gasteiger partial charge on any atom is -0.337 e. The van der Waals surface area contributed by atoms with Crippen molar-refractivity contribution < 1.29 is 4.79 Å². The summed E-state index contributed by atoms with van der Waals surface area (Å²) in [5.74, 6) is 0.631. The van der Waals surface area contributed by atoms with Crippen LogP contribution in [0, 0.1) is 5.92 Å². The first-order valence-corrected chi connectivity index (χ1v) is 9.66. The van der Waals surface area contributed by atoms with Crippen LogP contribution in [0.1, 0.15) is 42.4 Å². The van der Waals surface area contributed by atoms with E-state index in [0.717, 1.165) is 56.7 Å². The number of amides is 1. The van der Waals surface area contributed by atoms with Gasteiger partial charge in [0.1, 0.15) is 0 Å². The Labute approximate surface area is 159 Å². The Hall–Kier alpha value is -1.92. The summed E-state index contributed by atoms with van der Waals surface area (Å²) in [5.41, 5.74) is 2.16. The van der Waals surface area contributed by atoms with Crippen LogP contribution in [0.3, 0.4) is 0 Å². The summed E-state index contributed by atoms with van der Waals surface area (Å²) in [6.07, 6.45) is 3.71. The topological polar surface area (TPSA) is 63.1 Å². The maximum atomic E-state index is 13.0. The number of likely N-dealkylation sites (tertiary alicyclic amines) is 1. The Morgan fingerprint density at radius 2 is 2.12 bits per heavy atom. The Balaban J connectivity index is 1.83. The van der Waals surface area contributed by atoms with Gasteiger partial charge in [0.25, 0.3) is 5.91 Å². The first-order valence-electron chi connectivity index (χ1n) is 9.28. The monoisotopic (exact) mass is 375 g/mol. The molecule has 1 N–H and O–H groups in total. The molecule has 0 bridgehead atoms. The highest BCUT2D eigenvalue weighted by Gasteiger charge is 2.28. The average Bonchev–Trinajstić information content (AvgIpc) is 3.06. The molecule has 0 radical (unpaired) electrons. The lowest BCUT2D eigenvalue weighted by molar-refractivity contribution is 0.0683.